The number of nitrogens with one attached hydrogen (secondary N) is 3. The fraction of sp³-hybridized carbons (Fsp3) is 0.231. The van der Waals surface area contributed by atoms with Crippen molar-refractivity contribution in [2.75, 3.05) is 48.4 Å². The van der Waals surface area contributed by atoms with Gasteiger partial charge in [0.2, 0.25) is 11.8 Å². The van der Waals surface area contributed by atoms with Crippen molar-refractivity contribution in [3.05, 3.63) is 73.1 Å². The van der Waals surface area contributed by atoms with Gasteiger partial charge >= 0.3 is 0 Å². The maximum absolute atomic E-state index is 12.2. The number of benzene rings is 2. The number of ether oxygens (including phenoxy) is 1. The predicted octanol–water partition coefficient (Wildman–Crippen LogP) is 3.35. The van der Waals surface area contributed by atoms with Crippen molar-refractivity contribution in [1.82, 2.24) is 15.3 Å². The fourth-order valence-electron chi connectivity index (χ4n) is 3.65. The van der Waals surface area contributed by atoms with Crippen LogP contribution in [0.15, 0.2) is 73.1 Å². The lowest BCUT2D eigenvalue weighted by atomic mass is 10.1. The lowest BCUT2D eigenvalue weighted by molar-refractivity contribution is -0.121. The van der Waals surface area contributed by atoms with Gasteiger partial charge in [0.25, 0.3) is 0 Å². The summed E-state index contributed by atoms with van der Waals surface area (Å²) in [5, 5.41) is 8.63. The van der Waals surface area contributed by atoms with Crippen molar-refractivity contribution in [3.8, 4) is 11.3 Å². The molecule has 1 aliphatic heterocycles. The quantitative estimate of drug-likeness (QED) is 0.432. The zero-order chi connectivity index (χ0) is 24.5. The van der Waals surface area contributed by atoms with Crippen LogP contribution in [-0.2, 0) is 14.3 Å². The molecule has 2 aromatic carbocycles. The van der Waals surface area contributed by atoms with Crippen LogP contribution in [0.2, 0.25) is 0 Å². The Bertz CT molecular complexity index is 1190. The highest BCUT2D eigenvalue weighted by atomic mass is 16.5. The van der Waals surface area contributed by atoms with Crippen molar-refractivity contribution < 1.29 is 14.3 Å². The minimum absolute atomic E-state index is 0.112. The van der Waals surface area contributed by atoms with E-state index in [0.29, 0.717) is 17.2 Å². The fourth-order valence-corrected chi connectivity index (χ4v) is 3.65. The summed E-state index contributed by atoms with van der Waals surface area (Å²) in [5.41, 5.74) is 4.24. The van der Waals surface area contributed by atoms with Crippen molar-refractivity contribution in [2.45, 2.75) is 6.92 Å². The molecule has 0 radical (unpaired) electrons. The first kappa shape index (κ1) is 23.9. The van der Waals surface area contributed by atoms with E-state index in [2.05, 4.69) is 43.0 Å². The Kier molecular flexibility index (Phi) is 8.03. The summed E-state index contributed by atoms with van der Waals surface area (Å²) in [5.74, 6) is 0.0361. The van der Waals surface area contributed by atoms with Crippen LogP contribution in [0.25, 0.3) is 11.3 Å². The number of hydrogen-bond acceptors (Lipinski definition) is 7. The molecule has 9 nitrogen and oxygen atoms in total. The van der Waals surface area contributed by atoms with Crippen LogP contribution in [0.5, 0.6) is 0 Å². The van der Waals surface area contributed by atoms with E-state index in [9.17, 15) is 9.59 Å². The molecule has 3 aromatic rings. The molecule has 180 valence electrons. The monoisotopic (exact) mass is 472 g/mol. The Labute approximate surface area is 204 Å². The van der Waals surface area contributed by atoms with Crippen LogP contribution >= 0.6 is 0 Å². The van der Waals surface area contributed by atoms with E-state index in [1.807, 2.05) is 36.4 Å². The zero-order valence-corrected chi connectivity index (χ0v) is 19.5. The van der Waals surface area contributed by atoms with Gasteiger partial charge in [-0.3, -0.25) is 9.59 Å². The molecule has 0 saturated carbocycles. The second-order valence-electron chi connectivity index (χ2n) is 7.91. The summed E-state index contributed by atoms with van der Waals surface area (Å²) in [6.45, 7) is 4.92. The Morgan fingerprint density at radius 1 is 1.03 bits per heavy atom. The maximum Gasteiger partial charge on any atom is 0.244 e. The van der Waals surface area contributed by atoms with E-state index >= 15 is 0 Å². The number of carbonyl (C=O) groups excluding carboxylic acids is 2. The molecule has 1 saturated heterocycles. The summed E-state index contributed by atoms with van der Waals surface area (Å²) in [4.78, 5) is 34.7. The normalized spacial score (nSPS) is 13.5. The molecule has 2 amide bonds. The molecule has 35 heavy (non-hydrogen) atoms. The number of aromatic nitrogens is 2. The number of anilines is 4. The average Bonchev–Trinajstić information content (AvgIpc) is 2.89. The van der Waals surface area contributed by atoms with Crippen molar-refractivity contribution in [2.24, 2.45) is 0 Å². The Balaban J connectivity index is 1.39. The molecule has 9 heteroatoms. The van der Waals surface area contributed by atoms with Gasteiger partial charge in [-0.15, -0.1) is 0 Å². The van der Waals surface area contributed by atoms with Gasteiger partial charge in [0, 0.05) is 41.8 Å². The van der Waals surface area contributed by atoms with Crippen LogP contribution in [0.1, 0.15) is 6.92 Å². The largest absolute Gasteiger partial charge is 0.378 e. The number of amides is 2. The predicted molar refractivity (Wildman–Crippen MR) is 137 cm³/mol. The number of nitrogens with zero attached hydrogens (tertiary/aromatic N) is 3. The van der Waals surface area contributed by atoms with Gasteiger partial charge in [0.05, 0.1) is 25.5 Å². The smallest absolute Gasteiger partial charge is 0.244 e. The van der Waals surface area contributed by atoms with Gasteiger partial charge in [0.15, 0.2) is 0 Å². The van der Waals surface area contributed by atoms with Crippen LogP contribution in [0, 0.1) is 0 Å². The topological polar surface area (TPSA) is 108 Å². The minimum atomic E-state index is -0.314. The molecule has 2 heterocycles. The van der Waals surface area contributed by atoms with Gasteiger partial charge in [-0.1, -0.05) is 18.2 Å². The minimum Gasteiger partial charge on any atom is -0.378 e. The van der Waals surface area contributed by atoms with Crippen molar-refractivity contribution in [1.29, 1.82) is 0 Å². The van der Waals surface area contributed by atoms with Crippen LogP contribution in [0.4, 0.5) is 22.9 Å². The Morgan fingerprint density at radius 2 is 1.83 bits per heavy atom. The molecule has 0 aliphatic carbocycles. The standard InChI is InChI=1S/C26H28N6O3/c1-2-4-25(33)27-17-26(34)31-21-6-3-5-19(15-21)23-16-24(29-18-28-23)30-20-7-9-22(10-8-20)32-11-13-35-14-12-32/h2-10,15-16,18H,11-14,17H2,1H3,(H,27,33)(H,31,34)(H,28,29,30)/b4-2+. The first-order chi connectivity index (χ1) is 17.1. The van der Waals surface area contributed by atoms with E-state index < -0.39 is 0 Å². The number of allylic oxidation sites excluding steroid dienone is 1. The van der Waals surface area contributed by atoms with Crippen LogP contribution < -0.4 is 20.9 Å². The second kappa shape index (κ2) is 11.8. The van der Waals surface area contributed by atoms with Crippen molar-refractivity contribution >= 4 is 34.7 Å². The lowest BCUT2D eigenvalue weighted by Crippen LogP contribution is -2.36. The molecule has 0 unspecified atom stereocenters. The van der Waals surface area contributed by atoms with Crippen LogP contribution in [0.3, 0.4) is 0 Å². The van der Waals surface area contributed by atoms with Gasteiger partial charge in [-0.2, -0.15) is 0 Å². The molecular formula is C26H28N6O3. The third-order valence-electron chi connectivity index (χ3n) is 5.37. The molecule has 0 spiro atoms. The highest BCUT2D eigenvalue weighted by Gasteiger charge is 2.11. The van der Waals surface area contributed by atoms with Gasteiger partial charge < -0.3 is 25.6 Å². The van der Waals surface area contributed by atoms with Gasteiger partial charge in [-0.25, -0.2) is 9.97 Å². The molecular weight excluding hydrogens is 444 g/mol. The van der Waals surface area contributed by atoms with Crippen LogP contribution in [-0.4, -0.2) is 54.6 Å². The molecule has 0 bridgehead atoms. The summed E-state index contributed by atoms with van der Waals surface area (Å²) >= 11 is 0. The Hall–Kier alpha value is -4.24. The molecule has 1 fully saturated rings. The van der Waals surface area contributed by atoms with Gasteiger partial charge in [0.1, 0.15) is 12.1 Å². The summed E-state index contributed by atoms with van der Waals surface area (Å²) in [6.07, 6.45) is 4.48. The number of hydrogen-bond donors (Lipinski definition) is 3. The molecule has 1 aromatic heterocycles. The zero-order valence-electron chi connectivity index (χ0n) is 19.5. The number of rotatable bonds is 8. The summed E-state index contributed by atoms with van der Waals surface area (Å²) in [6, 6.07) is 17.4. The molecule has 0 atom stereocenters. The van der Waals surface area contributed by atoms with E-state index in [4.69, 9.17) is 4.74 Å². The molecule has 4 rings (SSSR count). The summed E-state index contributed by atoms with van der Waals surface area (Å²) < 4.78 is 5.42. The lowest BCUT2D eigenvalue weighted by Gasteiger charge is -2.28. The first-order valence-electron chi connectivity index (χ1n) is 11.4. The van der Waals surface area contributed by atoms with E-state index in [1.165, 1.54) is 18.1 Å². The third kappa shape index (κ3) is 6.87. The number of carbonyl (C=O) groups is 2. The highest BCUT2D eigenvalue weighted by molar-refractivity contribution is 5.96. The van der Waals surface area contributed by atoms with E-state index in [-0.39, 0.29) is 18.4 Å². The Morgan fingerprint density at radius 3 is 2.60 bits per heavy atom. The van der Waals surface area contributed by atoms with Gasteiger partial charge in [-0.05, 0) is 49.4 Å². The average molecular weight is 473 g/mol. The first-order valence-corrected chi connectivity index (χ1v) is 11.4. The molecule has 3 N–H and O–H groups in total. The molecule has 1 aliphatic rings. The second-order valence-corrected chi connectivity index (χ2v) is 7.91. The van der Waals surface area contributed by atoms with E-state index in [1.54, 1.807) is 19.1 Å². The maximum atomic E-state index is 12.2. The summed E-state index contributed by atoms with van der Waals surface area (Å²) in [7, 11) is 0. The SMILES string of the molecule is C/C=C/C(=O)NCC(=O)Nc1cccc(-c2cc(Nc3ccc(N4CCOCC4)cc3)ncn2)c1. The third-order valence-corrected chi connectivity index (χ3v) is 5.37. The van der Waals surface area contributed by atoms with Crippen molar-refractivity contribution in [3.63, 3.8) is 0 Å². The number of morpholine rings is 1. The van der Waals surface area contributed by atoms with E-state index in [0.717, 1.165) is 37.6 Å². The highest BCUT2D eigenvalue weighted by Crippen LogP contribution is 2.25.